The van der Waals surface area contributed by atoms with Gasteiger partial charge in [-0.15, -0.1) is 0 Å². The Morgan fingerprint density at radius 1 is 1.35 bits per heavy atom. The number of nitrogens with zero attached hydrogens (tertiary/aromatic N) is 1. The molecule has 1 aromatic carbocycles. The number of aryl methyl sites for hydroxylation is 1. The molecule has 2 aromatic rings. The van der Waals surface area contributed by atoms with E-state index in [1.54, 1.807) is 19.5 Å². The van der Waals surface area contributed by atoms with Gasteiger partial charge in [-0.2, -0.15) is 0 Å². The largest absolute Gasteiger partial charge is 0.495 e. The van der Waals surface area contributed by atoms with Gasteiger partial charge in [0, 0.05) is 18.9 Å². The van der Waals surface area contributed by atoms with Crippen LogP contribution in [0.25, 0.3) is 0 Å². The van der Waals surface area contributed by atoms with Gasteiger partial charge in [0.2, 0.25) is 0 Å². The van der Waals surface area contributed by atoms with Crippen molar-refractivity contribution in [3.63, 3.8) is 0 Å². The molecular formula is C15H17N3O2. The molecule has 20 heavy (non-hydrogen) atoms. The summed E-state index contributed by atoms with van der Waals surface area (Å²) < 4.78 is 5.24. The fourth-order valence-electron chi connectivity index (χ4n) is 1.75. The average molecular weight is 271 g/mol. The smallest absolute Gasteiger partial charge is 0.319 e. The van der Waals surface area contributed by atoms with E-state index in [-0.39, 0.29) is 6.03 Å². The number of ether oxygens (including phenoxy) is 1. The summed E-state index contributed by atoms with van der Waals surface area (Å²) in [4.78, 5) is 15.8. The highest BCUT2D eigenvalue weighted by Crippen LogP contribution is 2.24. The van der Waals surface area contributed by atoms with Crippen LogP contribution in [0.5, 0.6) is 5.75 Å². The van der Waals surface area contributed by atoms with Crippen LogP contribution in [0.2, 0.25) is 0 Å². The molecular weight excluding hydrogens is 254 g/mol. The Morgan fingerprint density at radius 2 is 2.20 bits per heavy atom. The van der Waals surface area contributed by atoms with Crippen molar-refractivity contribution in [3.8, 4) is 5.75 Å². The minimum Gasteiger partial charge on any atom is -0.495 e. The van der Waals surface area contributed by atoms with Crippen LogP contribution in [-0.4, -0.2) is 18.1 Å². The lowest BCUT2D eigenvalue weighted by Gasteiger charge is -2.11. The first-order valence-electron chi connectivity index (χ1n) is 6.27. The molecule has 0 saturated heterocycles. The number of carbonyl (C=O) groups excluding carboxylic acids is 1. The Hall–Kier alpha value is -2.56. The third-order valence-electron chi connectivity index (χ3n) is 2.78. The molecule has 104 valence electrons. The molecule has 5 nitrogen and oxygen atoms in total. The summed E-state index contributed by atoms with van der Waals surface area (Å²) in [6, 6.07) is 9.06. The number of nitrogens with one attached hydrogen (secondary N) is 2. The number of anilines is 1. The van der Waals surface area contributed by atoms with E-state index >= 15 is 0 Å². The molecule has 0 bridgehead atoms. The van der Waals surface area contributed by atoms with Crippen LogP contribution in [0.3, 0.4) is 0 Å². The molecule has 0 fully saturated rings. The maximum atomic E-state index is 11.8. The van der Waals surface area contributed by atoms with Crippen LogP contribution in [-0.2, 0) is 6.54 Å². The van der Waals surface area contributed by atoms with Gasteiger partial charge in [-0.3, -0.25) is 4.98 Å². The molecule has 0 saturated carbocycles. The number of methoxy groups -OCH3 is 1. The fourth-order valence-corrected chi connectivity index (χ4v) is 1.75. The zero-order chi connectivity index (χ0) is 14.4. The predicted molar refractivity (Wildman–Crippen MR) is 77.8 cm³/mol. The van der Waals surface area contributed by atoms with E-state index in [4.69, 9.17) is 4.74 Å². The third kappa shape index (κ3) is 3.71. The molecule has 2 N–H and O–H groups in total. The lowest BCUT2D eigenvalue weighted by atomic mass is 10.2. The molecule has 0 radical (unpaired) electrons. The van der Waals surface area contributed by atoms with Gasteiger partial charge in [0.05, 0.1) is 12.8 Å². The summed E-state index contributed by atoms with van der Waals surface area (Å²) in [5, 5.41) is 5.53. The van der Waals surface area contributed by atoms with Crippen molar-refractivity contribution in [1.82, 2.24) is 10.3 Å². The highest BCUT2D eigenvalue weighted by atomic mass is 16.5. The van der Waals surface area contributed by atoms with E-state index in [0.29, 0.717) is 18.0 Å². The topological polar surface area (TPSA) is 63.2 Å². The molecule has 0 atom stereocenters. The monoisotopic (exact) mass is 271 g/mol. The Kier molecular flexibility index (Phi) is 4.55. The average Bonchev–Trinajstić information content (AvgIpc) is 2.48. The van der Waals surface area contributed by atoms with Crippen LogP contribution >= 0.6 is 0 Å². The number of benzene rings is 1. The standard InChI is InChI=1S/C15H17N3O2/c1-11-5-6-13(14(8-11)20-2)18-15(19)17-10-12-4-3-7-16-9-12/h3-9H,10H2,1-2H3,(H2,17,18,19). The molecule has 2 amide bonds. The summed E-state index contributed by atoms with van der Waals surface area (Å²) >= 11 is 0. The Balaban J connectivity index is 1.95. The molecule has 0 spiro atoms. The molecule has 0 aliphatic rings. The summed E-state index contributed by atoms with van der Waals surface area (Å²) in [6.07, 6.45) is 3.41. The highest BCUT2D eigenvalue weighted by Gasteiger charge is 2.07. The first kappa shape index (κ1) is 13.9. The molecule has 0 aliphatic heterocycles. The predicted octanol–water partition coefficient (Wildman–Crippen LogP) is 2.72. The van der Waals surface area contributed by atoms with Crippen molar-refractivity contribution in [3.05, 3.63) is 53.9 Å². The van der Waals surface area contributed by atoms with E-state index in [9.17, 15) is 4.79 Å². The Bertz CT molecular complexity index is 585. The van der Waals surface area contributed by atoms with E-state index < -0.39 is 0 Å². The van der Waals surface area contributed by atoms with Gasteiger partial charge in [0.15, 0.2) is 0 Å². The first-order valence-corrected chi connectivity index (χ1v) is 6.27. The summed E-state index contributed by atoms with van der Waals surface area (Å²) in [6.45, 7) is 2.39. The molecule has 1 heterocycles. The number of hydrogen-bond donors (Lipinski definition) is 2. The summed E-state index contributed by atoms with van der Waals surface area (Å²) in [5.41, 5.74) is 2.66. The second-order valence-electron chi connectivity index (χ2n) is 4.37. The second-order valence-corrected chi connectivity index (χ2v) is 4.37. The number of amides is 2. The van der Waals surface area contributed by atoms with E-state index in [0.717, 1.165) is 11.1 Å². The minimum absolute atomic E-state index is 0.281. The highest BCUT2D eigenvalue weighted by molar-refractivity contribution is 5.90. The number of carbonyl (C=O) groups is 1. The summed E-state index contributed by atoms with van der Waals surface area (Å²) in [5.74, 6) is 0.640. The van der Waals surface area contributed by atoms with Crippen LogP contribution in [0.1, 0.15) is 11.1 Å². The van der Waals surface area contributed by atoms with E-state index in [1.165, 1.54) is 0 Å². The normalized spacial score (nSPS) is 9.90. The van der Waals surface area contributed by atoms with Gasteiger partial charge in [0.1, 0.15) is 5.75 Å². The van der Waals surface area contributed by atoms with E-state index in [2.05, 4.69) is 15.6 Å². The lowest BCUT2D eigenvalue weighted by Crippen LogP contribution is -2.28. The van der Waals surface area contributed by atoms with Crippen LogP contribution in [0.15, 0.2) is 42.7 Å². The minimum atomic E-state index is -0.281. The first-order chi connectivity index (χ1) is 9.69. The van der Waals surface area contributed by atoms with Gasteiger partial charge in [-0.25, -0.2) is 4.79 Å². The second kappa shape index (κ2) is 6.56. The van der Waals surface area contributed by atoms with Crippen molar-refractivity contribution < 1.29 is 9.53 Å². The van der Waals surface area contributed by atoms with Crippen molar-refractivity contribution in [2.45, 2.75) is 13.5 Å². The van der Waals surface area contributed by atoms with Crippen molar-refractivity contribution in [1.29, 1.82) is 0 Å². The summed E-state index contributed by atoms with van der Waals surface area (Å²) in [7, 11) is 1.58. The molecule has 2 rings (SSSR count). The zero-order valence-corrected chi connectivity index (χ0v) is 11.5. The quantitative estimate of drug-likeness (QED) is 0.898. The van der Waals surface area contributed by atoms with Crippen molar-refractivity contribution >= 4 is 11.7 Å². The number of urea groups is 1. The van der Waals surface area contributed by atoms with Gasteiger partial charge >= 0.3 is 6.03 Å². The number of aromatic nitrogens is 1. The van der Waals surface area contributed by atoms with E-state index in [1.807, 2.05) is 37.3 Å². The van der Waals surface area contributed by atoms with Crippen LogP contribution in [0, 0.1) is 6.92 Å². The zero-order valence-electron chi connectivity index (χ0n) is 11.5. The Labute approximate surface area is 118 Å². The molecule has 1 aromatic heterocycles. The third-order valence-corrected chi connectivity index (χ3v) is 2.78. The number of hydrogen-bond acceptors (Lipinski definition) is 3. The maximum Gasteiger partial charge on any atom is 0.319 e. The SMILES string of the molecule is COc1cc(C)ccc1NC(=O)NCc1cccnc1. The van der Waals surface area contributed by atoms with Crippen LogP contribution in [0.4, 0.5) is 10.5 Å². The maximum absolute atomic E-state index is 11.8. The van der Waals surface area contributed by atoms with Crippen LogP contribution < -0.4 is 15.4 Å². The Morgan fingerprint density at radius 3 is 2.90 bits per heavy atom. The van der Waals surface area contributed by atoms with Gasteiger partial charge in [0.25, 0.3) is 0 Å². The van der Waals surface area contributed by atoms with Crippen molar-refractivity contribution in [2.24, 2.45) is 0 Å². The van der Waals surface area contributed by atoms with Gasteiger partial charge < -0.3 is 15.4 Å². The number of rotatable bonds is 4. The number of pyridine rings is 1. The fraction of sp³-hybridized carbons (Fsp3) is 0.200. The van der Waals surface area contributed by atoms with Gasteiger partial charge in [-0.05, 0) is 36.2 Å². The molecule has 0 aliphatic carbocycles. The molecule has 5 heteroatoms. The molecule has 0 unspecified atom stereocenters. The lowest BCUT2D eigenvalue weighted by molar-refractivity contribution is 0.251. The van der Waals surface area contributed by atoms with Crippen molar-refractivity contribution in [2.75, 3.05) is 12.4 Å². The van der Waals surface area contributed by atoms with Gasteiger partial charge in [-0.1, -0.05) is 12.1 Å².